The molecule has 1 heterocycles. The zero-order valence-electron chi connectivity index (χ0n) is 8.85. The van der Waals surface area contributed by atoms with Gasteiger partial charge in [-0.2, -0.15) is 0 Å². The summed E-state index contributed by atoms with van der Waals surface area (Å²) in [5, 5.41) is 2.78. The van der Waals surface area contributed by atoms with Crippen LogP contribution in [0.5, 0.6) is 0 Å². The average molecular weight is 292 g/mol. The average Bonchev–Trinajstić information content (AvgIpc) is 2.33. The van der Waals surface area contributed by atoms with Gasteiger partial charge in [0.15, 0.2) is 0 Å². The highest BCUT2D eigenvalue weighted by molar-refractivity contribution is 9.10. The first-order valence-corrected chi connectivity index (χ1v) is 5.73. The lowest BCUT2D eigenvalue weighted by Crippen LogP contribution is -2.12. The summed E-state index contributed by atoms with van der Waals surface area (Å²) >= 11 is 3.36. The summed E-state index contributed by atoms with van der Waals surface area (Å²) < 4.78 is 0.830. The van der Waals surface area contributed by atoms with Gasteiger partial charge in [0.25, 0.3) is 5.91 Å². The van der Waals surface area contributed by atoms with Gasteiger partial charge in [0.2, 0.25) is 0 Å². The molecule has 1 aromatic carbocycles. The third kappa shape index (κ3) is 2.82. The molecule has 0 fully saturated rings. The summed E-state index contributed by atoms with van der Waals surface area (Å²) in [5.41, 5.74) is 6.64. The summed E-state index contributed by atoms with van der Waals surface area (Å²) in [7, 11) is 0. The van der Waals surface area contributed by atoms with Crippen LogP contribution in [0.25, 0.3) is 0 Å². The molecule has 5 heteroatoms. The van der Waals surface area contributed by atoms with Gasteiger partial charge in [-0.25, -0.2) is 4.98 Å². The second kappa shape index (κ2) is 4.97. The molecular weight excluding hydrogens is 282 g/mol. The van der Waals surface area contributed by atoms with Gasteiger partial charge >= 0.3 is 0 Å². The number of benzene rings is 1. The molecule has 2 aromatic rings. The molecule has 86 valence electrons. The highest BCUT2D eigenvalue weighted by Gasteiger charge is 2.07. The van der Waals surface area contributed by atoms with E-state index in [-0.39, 0.29) is 5.91 Å². The van der Waals surface area contributed by atoms with Crippen molar-refractivity contribution in [3.63, 3.8) is 0 Å². The van der Waals surface area contributed by atoms with E-state index in [2.05, 4.69) is 26.2 Å². The van der Waals surface area contributed by atoms with Crippen molar-refractivity contribution in [2.24, 2.45) is 0 Å². The Bertz CT molecular complexity index is 540. The topological polar surface area (TPSA) is 68.0 Å². The maximum atomic E-state index is 11.9. The summed E-state index contributed by atoms with van der Waals surface area (Å²) in [6.45, 7) is 0. The molecule has 0 bridgehead atoms. The first-order chi connectivity index (χ1) is 8.16. The Hall–Kier alpha value is -1.88. The lowest BCUT2D eigenvalue weighted by molar-refractivity contribution is 0.102. The minimum Gasteiger partial charge on any atom is -0.384 e. The third-order valence-electron chi connectivity index (χ3n) is 2.17. The molecule has 0 saturated heterocycles. The van der Waals surface area contributed by atoms with Crippen LogP contribution in [0.4, 0.5) is 11.5 Å². The zero-order chi connectivity index (χ0) is 12.3. The quantitative estimate of drug-likeness (QED) is 0.894. The van der Waals surface area contributed by atoms with Crippen molar-refractivity contribution in [1.82, 2.24) is 4.98 Å². The van der Waals surface area contributed by atoms with E-state index in [0.717, 1.165) is 4.47 Å². The van der Waals surface area contributed by atoms with Crippen LogP contribution >= 0.6 is 15.9 Å². The predicted octanol–water partition coefficient (Wildman–Crippen LogP) is 2.68. The maximum Gasteiger partial charge on any atom is 0.257 e. The highest BCUT2D eigenvalue weighted by atomic mass is 79.9. The van der Waals surface area contributed by atoms with Gasteiger partial charge in [-0.1, -0.05) is 12.1 Å². The second-order valence-electron chi connectivity index (χ2n) is 3.41. The number of hydrogen-bond donors (Lipinski definition) is 2. The number of anilines is 2. The van der Waals surface area contributed by atoms with Crippen LogP contribution in [-0.2, 0) is 0 Å². The largest absolute Gasteiger partial charge is 0.384 e. The molecule has 0 unspecified atom stereocenters. The molecular formula is C12H10BrN3O. The van der Waals surface area contributed by atoms with Gasteiger partial charge in [-0.15, -0.1) is 0 Å². The number of pyridine rings is 1. The summed E-state index contributed by atoms with van der Waals surface area (Å²) in [5.74, 6) is 0.173. The Morgan fingerprint density at radius 1 is 1.24 bits per heavy atom. The Morgan fingerprint density at radius 2 is 2.00 bits per heavy atom. The van der Waals surface area contributed by atoms with E-state index in [4.69, 9.17) is 5.73 Å². The van der Waals surface area contributed by atoms with Crippen LogP contribution < -0.4 is 11.1 Å². The van der Waals surface area contributed by atoms with Gasteiger partial charge in [0.1, 0.15) is 5.82 Å². The molecule has 0 radical (unpaired) electrons. The zero-order valence-corrected chi connectivity index (χ0v) is 10.4. The summed E-state index contributed by atoms with van der Waals surface area (Å²) in [6.07, 6.45) is 1.45. The number of para-hydroxylation sites is 1. The first-order valence-electron chi connectivity index (χ1n) is 4.94. The number of hydrogen-bond acceptors (Lipinski definition) is 3. The van der Waals surface area contributed by atoms with Gasteiger partial charge in [-0.3, -0.25) is 4.79 Å². The van der Waals surface area contributed by atoms with Crippen LogP contribution in [-0.4, -0.2) is 10.9 Å². The number of nitrogens with zero attached hydrogens (tertiary/aromatic N) is 1. The lowest BCUT2D eigenvalue weighted by Gasteiger charge is -2.06. The van der Waals surface area contributed by atoms with Crippen molar-refractivity contribution in [2.75, 3.05) is 11.1 Å². The lowest BCUT2D eigenvalue weighted by atomic mass is 10.2. The molecule has 0 spiro atoms. The fourth-order valence-electron chi connectivity index (χ4n) is 1.30. The molecule has 0 saturated carbocycles. The second-order valence-corrected chi connectivity index (χ2v) is 4.26. The number of nitrogen functional groups attached to an aromatic ring is 1. The van der Waals surface area contributed by atoms with Gasteiger partial charge < -0.3 is 11.1 Å². The minimum atomic E-state index is -0.218. The van der Waals surface area contributed by atoms with Crippen LogP contribution in [0, 0.1) is 0 Å². The molecule has 3 N–H and O–H groups in total. The van der Waals surface area contributed by atoms with E-state index < -0.39 is 0 Å². The van der Waals surface area contributed by atoms with E-state index in [9.17, 15) is 4.79 Å². The van der Waals surface area contributed by atoms with Gasteiger partial charge in [0.05, 0.1) is 11.3 Å². The SMILES string of the molecule is Nc1ccc(C(=O)Nc2ccccc2Br)cn1. The third-order valence-corrected chi connectivity index (χ3v) is 2.86. The predicted molar refractivity (Wildman–Crippen MR) is 70.7 cm³/mol. The van der Waals surface area contributed by atoms with Gasteiger partial charge in [-0.05, 0) is 40.2 Å². The monoisotopic (exact) mass is 291 g/mol. The molecule has 0 atom stereocenters. The Labute approximate surface area is 107 Å². The van der Waals surface area contributed by atoms with E-state index in [1.54, 1.807) is 12.1 Å². The number of aromatic nitrogens is 1. The van der Waals surface area contributed by atoms with Crippen molar-refractivity contribution < 1.29 is 4.79 Å². The Morgan fingerprint density at radius 3 is 2.65 bits per heavy atom. The summed E-state index contributed by atoms with van der Waals surface area (Å²) in [6, 6.07) is 10.6. The Kier molecular flexibility index (Phi) is 3.39. The fourth-order valence-corrected chi connectivity index (χ4v) is 1.68. The van der Waals surface area contributed by atoms with E-state index in [1.165, 1.54) is 6.20 Å². The highest BCUT2D eigenvalue weighted by Crippen LogP contribution is 2.21. The minimum absolute atomic E-state index is 0.218. The number of nitrogens with one attached hydrogen (secondary N) is 1. The van der Waals surface area contributed by atoms with Crippen LogP contribution in [0.15, 0.2) is 47.1 Å². The van der Waals surface area contributed by atoms with Crippen molar-refractivity contribution in [3.8, 4) is 0 Å². The molecule has 2 rings (SSSR count). The van der Waals surface area contributed by atoms with Crippen molar-refractivity contribution in [1.29, 1.82) is 0 Å². The smallest absolute Gasteiger partial charge is 0.257 e. The van der Waals surface area contributed by atoms with E-state index in [0.29, 0.717) is 17.1 Å². The summed E-state index contributed by atoms with van der Waals surface area (Å²) in [4.78, 5) is 15.7. The number of halogens is 1. The molecule has 1 aromatic heterocycles. The molecule has 17 heavy (non-hydrogen) atoms. The normalized spacial score (nSPS) is 9.94. The van der Waals surface area contributed by atoms with Crippen molar-refractivity contribution >= 4 is 33.3 Å². The maximum absolute atomic E-state index is 11.9. The number of amides is 1. The molecule has 0 aliphatic heterocycles. The molecule has 1 amide bonds. The number of carbonyl (C=O) groups is 1. The molecule has 4 nitrogen and oxygen atoms in total. The number of carbonyl (C=O) groups excluding carboxylic acids is 1. The number of rotatable bonds is 2. The van der Waals surface area contributed by atoms with Crippen LogP contribution in [0.1, 0.15) is 10.4 Å². The standard InChI is InChI=1S/C12H10BrN3O/c13-9-3-1-2-4-10(9)16-12(17)8-5-6-11(14)15-7-8/h1-7H,(H2,14,15)(H,16,17). The Balaban J connectivity index is 2.17. The fraction of sp³-hybridized carbons (Fsp3) is 0. The van der Waals surface area contributed by atoms with E-state index in [1.807, 2.05) is 24.3 Å². The molecule has 0 aliphatic rings. The number of nitrogens with two attached hydrogens (primary N) is 1. The molecule has 0 aliphatic carbocycles. The van der Waals surface area contributed by atoms with E-state index >= 15 is 0 Å². The first kappa shape index (κ1) is 11.6. The van der Waals surface area contributed by atoms with Crippen LogP contribution in [0.3, 0.4) is 0 Å². The van der Waals surface area contributed by atoms with Crippen LogP contribution in [0.2, 0.25) is 0 Å². The van der Waals surface area contributed by atoms with Gasteiger partial charge in [0, 0.05) is 10.7 Å². The van der Waals surface area contributed by atoms with Crippen molar-refractivity contribution in [2.45, 2.75) is 0 Å². The van der Waals surface area contributed by atoms with Crippen molar-refractivity contribution in [3.05, 3.63) is 52.6 Å².